The van der Waals surface area contributed by atoms with Crippen molar-refractivity contribution in [2.45, 2.75) is 32.6 Å². The number of carbonyl (C=O) groups excluding carboxylic acids is 1. The lowest BCUT2D eigenvalue weighted by Gasteiger charge is -2.21. The number of nitrogens with zero attached hydrogens (tertiary/aromatic N) is 3. The van der Waals surface area contributed by atoms with Crippen LogP contribution in [-0.2, 0) is 4.79 Å². The molecule has 2 aromatic carbocycles. The number of para-hydroxylation sites is 1. The zero-order valence-corrected chi connectivity index (χ0v) is 19.2. The number of amides is 1. The van der Waals surface area contributed by atoms with Crippen LogP contribution in [0.1, 0.15) is 30.7 Å². The van der Waals surface area contributed by atoms with Gasteiger partial charge < -0.3 is 10.0 Å². The van der Waals surface area contributed by atoms with Crippen molar-refractivity contribution < 1.29 is 9.90 Å². The van der Waals surface area contributed by atoms with Crippen molar-refractivity contribution in [3.05, 3.63) is 59.3 Å². The Morgan fingerprint density at radius 2 is 1.97 bits per heavy atom. The summed E-state index contributed by atoms with van der Waals surface area (Å²) in [6, 6.07) is 13.5. The molecule has 0 radical (unpaired) electrons. The van der Waals surface area contributed by atoms with Crippen LogP contribution in [-0.4, -0.2) is 41.1 Å². The first-order chi connectivity index (χ1) is 14.9. The number of pyridine rings is 1. The van der Waals surface area contributed by atoms with E-state index < -0.39 is 0 Å². The molecular weight excluding hydrogens is 408 g/mol. The molecule has 7 heteroatoms. The van der Waals surface area contributed by atoms with Crippen LogP contribution in [0.5, 0.6) is 5.75 Å². The highest BCUT2D eigenvalue weighted by molar-refractivity contribution is 8.00. The Labute approximate surface area is 187 Å². The van der Waals surface area contributed by atoms with Crippen molar-refractivity contribution in [1.82, 2.24) is 10.4 Å². The van der Waals surface area contributed by atoms with E-state index in [1.54, 1.807) is 12.1 Å². The van der Waals surface area contributed by atoms with Crippen LogP contribution < -0.4 is 10.3 Å². The summed E-state index contributed by atoms with van der Waals surface area (Å²) in [5.74, 6) is 0.151. The van der Waals surface area contributed by atoms with Crippen molar-refractivity contribution >= 4 is 40.5 Å². The Bertz CT molecular complexity index is 1110. The Balaban J connectivity index is 1.62. The number of hydrogen-bond donors (Lipinski definition) is 2. The van der Waals surface area contributed by atoms with Crippen molar-refractivity contribution in [1.29, 1.82) is 0 Å². The van der Waals surface area contributed by atoms with E-state index in [4.69, 9.17) is 0 Å². The van der Waals surface area contributed by atoms with Gasteiger partial charge in [0.1, 0.15) is 5.75 Å². The maximum atomic E-state index is 12.3. The second-order valence-electron chi connectivity index (χ2n) is 7.23. The minimum atomic E-state index is -0.212. The number of hydrogen-bond acceptors (Lipinski definition) is 6. The average Bonchev–Trinajstić information content (AvgIpc) is 2.75. The number of nitrogens with one attached hydrogen (secondary N) is 1. The van der Waals surface area contributed by atoms with E-state index in [0.29, 0.717) is 5.56 Å². The predicted octanol–water partition coefficient (Wildman–Crippen LogP) is 4.65. The molecule has 6 nitrogen and oxygen atoms in total. The zero-order valence-electron chi connectivity index (χ0n) is 18.3. The summed E-state index contributed by atoms with van der Waals surface area (Å²) in [6.07, 6.45) is 1.46. The SMILES string of the molecule is CCN(CC)c1ccc(/C=N/NC(=O)CSc2cc(C)nc3c(C)cccc23)c(O)c1. The van der Waals surface area contributed by atoms with Gasteiger partial charge in [0, 0.05) is 46.4 Å². The number of phenolic OH excluding ortho intramolecular Hbond substituents is 1. The quantitative estimate of drug-likeness (QED) is 0.305. The Morgan fingerprint density at radius 1 is 1.19 bits per heavy atom. The first-order valence-electron chi connectivity index (χ1n) is 10.3. The molecule has 0 aliphatic heterocycles. The van der Waals surface area contributed by atoms with Gasteiger partial charge in [-0.1, -0.05) is 18.2 Å². The van der Waals surface area contributed by atoms with Crippen molar-refractivity contribution in [2.24, 2.45) is 5.10 Å². The van der Waals surface area contributed by atoms with Crippen LogP contribution in [0.15, 0.2) is 52.5 Å². The number of thioether (sulfide) groups is 1. The third-order valence-electron chi connectivity index (χ3n) is 5.03. The minimum absolute atomic E-state index is 0.130. The third kappa shape index (κ3) is 5.55. The van der Waals surface area contributed by atoms with Crippen LogP contribution in [0, 0.1) is 13.8 Å². The highest BCUT2D eigenvalue weighted by atomic mass is 32.2. The van der Waals surface area contributed by atoms with Gasteiger partial charge in [0.05, 0.1) is 17.5 Å². The van der Waals surface area contributed by atoms with Gasteiger partial charge in [0.15, 0.2) is 0 Å². The Kier molecular flexibility index (Phi) is 7.52. The fourth-order valence-corrected chi connectivity index (χ4v) is 4.30. The first-order valence-corrected chi connectivity index (χ1v) is 11.3. The molecule has 0 saturated heterocycles. The van der Waals surface area contributed by atoms with E-state index in [0.717, 1.165) is 45.8 Å². The van der Waals surface area contributed by atoms with E-state index in [2.05, 4.69) is 34.3 Å². The van der Waals surface area contributed by atoms with Gasteiger partial charge in [-0.15, -0.1) is 11.8 Å². The summed E-state index contributed by atoms with van der Waals surface area (Å²) in [4.78, 5) is 20.1. The number of rotatable bonds is 8. The average molecular weight is 437 g/mol. The zero-order chi connectivity index (χ0) is 22.4. The van der Waals surface area contributed by atoms with Crippen LogP contribution in [0.25, 0.3) is 10.9 Å². The first kappa shape index (κ1) is 22.6. The molecule has 0 saturated carbocycles. The highest BCUT2D eigenvalue weighted by Crippen LogP contribution is 2.29. The lowest BCUT2D eigenvalue weighted by molar-refractivity contribution is -0.118. The number of carbonyl (C=O) groups is 1. The molecule has 1 amide bonds. The van der Waals surface area contributed by atoms with E-state index in [1.807, 2.05) is 44.2 Å². The molecular formula is C24H28N4O2S. The number of hydrazone groups is 1. The molecule has 0 unspecified atom stereocenters. The van der Waals surface area contributed by atoms with Crippen LogP contribution in [0.4, 0.5) is 5.69 Å². The number of phenols is 1. The molecule has 31 heavy (non-hydrogen) atoms. The van der Waals surface area contributed by atoms with E-state index in [-0.39, 0.29) is 17.4 Å². The van der Waals surface area contributed by atoms with Crippen LogP contribution in [0.3, 0.4) is 0 Å². The van der Waals surface area contributed by atoms with Gasteiger partial charge in [-0.3, -0.25) is 9.78 Å². The fourth-order valence-electron chi connectivity index (χ4n) is 3.38. The van der Waals surface area contributed by atoms with Crippen molar-refractivity contribution in [2.75, 3.05) is 23.7 Å². The number of aromatic hydroxyl groups is 1. The molecule has 1 heterocycles. The molecule has 0 fully saturated rings. The topological polar surface area (TPSA) is 77.8 Å². The van der Waals surface area contributed by atoms with Gasteiger partial charge in [0.2, 0.25) is 5.91 Å². The highest BCUT2D eigenvalue weighted by Gasteiger charge is 2.09. The number of aromatic nitrogens is 1. The fraction of sp³-hybridized carbons (Fsp3) is 0.292. The maximum absolute atomic E-state index is 12.3. The van der Waals surface area contributed by atoms with Gasteiger partial charge in [-0.05, 0) is 51.5 Å². The Morgan fingerprint density at radius 3 is 2.68 bits per heavy atom. The summed E-state index contributed by atoms with van der Waals surface area (Å²) in [7, 11) is 0. The Hall–Kier alpha value is -3.06. The van der Waals surface area contributed by atoms with Gasteiger partial charge in [-0.25, -0.2) is 5.43 Å². The predicted molar refractivity (Wildman–Crippen MR) is 129 cm³/mol. The van der Waals surface area contributed by atoms with Crippen LogP contribution >= 0.6 is 11.8 Å². The summed E-state index contributed by atoms with van der Waals surface area (Å²) < 4.78 is 0. The third-order valence-corrected chi connectivity index (χ3v) is 6.08. The van der Waals surface area contributed by atoms with Crippen molar-refractivity contribution in [3.8, 4) is 5.75 Å². The summed E-state index contributed by atoms with van der Waals surface area (Å²) >= 11 is 1.46. The second-order valence-corrected chi connectivity index (χ2v) is 8.25. The lowest BCUT2D eigenvalue weighted by atomic mass is 10.1. The molecule has 2 N–H and O–H groups in total. The molecule has 3 rings (SSSR count). The largest absolute Gasteiger partial charge is 0.507 e. The molecule has 3 aromatic rings. The standard InChI is InChI=1S/C24H28N4O2S/c1-5-28(6-2)19-11-10-18(21(29)13-19)14-25-27-23(30)15-31-22-12-17(4)26-24-16(3)8-7-9-20(22)24/h7-14,29H,5-6,15H2,1-4H3,(H,27,30)/b25-14+. The maximum Gasteiger partial charge on any atom is 0.250 e. The summed E-state index contributed by atoms with van der Waals surface area (Å²) in [5.41, 5.74) is 7.04. The van der Waals surface area contributed by atoms with E-state index >= 15 is 0 Å². The molecule has 0 bridgehead atoms. The molecule has 1 aromatic heterocycles. The molecule has 0 atom stereocenters. The molecule has 0 aliphatic carbocycles. The van der Waals surface area contributed by atoms with Crippen molar-refractivity contribution in [3.63, 3.8) is 0 Å². The lowest BCUT2D eigenvalue weighted by Crippen LogP contribution is -2.21. The number of anilines is 1. The van der Waals surface area contributed by atoms with Crippen LogP contribution in [0.2, 0.25) is 0 Å². The summed E-state index contributed by atoms with van der Waals surface area (Å²) in [6.45, 7) is 9.86. The minimum Gasteiger partial charge on any atom is -0.507 e. The number of benzene rings is 2. The van der Waals surface area contributed by atoms with Gasteiger partial charge >= 0.3 is 0 Å². The van der Waals surface area contributed by atoms with Gasteiger partial charge in [-0.2, -0.15) is 5.10 Å². The second kappa shape index (κ2) is 10.3. The normalized spacial score (nSPS) is 11.2. The summed E-state index contributed by atoms with van der Waals surface area (Å²) in [5, 5.41) is 15.3. The van der Waals surface area contributed by atoms with Gasteiger partial charge in [0.25, 0.3) is 0 Å². The molecule has 162 valence electrons. The monoisotopic (exact) mass is 436 g/mol. The molecule has 0 aliphatic rings. The molecule has 0 spiro atoms. The number of aryl methyl sites for hydroxylation is 2. The van der Waals surface area contributed by atoms with E-state index in [9.17, 15) is 9.90 Å². The smallest absolute Gasteiger partial charge is 0.250 e. The number of fused-ring (bicyclic) bond motifs is 1. The van der Waals surface area contributed by atoms with E-state index in [1.165, 1.54) is 18.0 Å².